The fraction of sp³-hybridized carbons (Fsp3) is 0.444. The molecule has 5 rings (SSSR count). The van der Waals surface area contributed by atoms with Gasteiger partial charge in [0.05, 0.1) is 10.4 Å². The first-order chi connectivity index (χ1) is 11.7. The Bertz CT molecular complexity index is 708. The summed E-state index contributed by atoms with van der Waals surface area (Å²) in [6, 6.07) is 10.9. The average Bonchev–Trinajstić information content (AvgIpc) is 3.08. The van der Waals surface area contributed by atoms with Gasteiger partial charge in [0, 0.05) is 17.0 Å². The van der Waals surface area contributed by atoms with Gasteiger partial charge >= 0.3 is 0 Å². The lowest BCUT2D eigenvalue weighted by Gasteiger charge is -2.49. The smallest absolute Gasteiger partial charge is 0.280 e. The van der Waals surface area contributed by atoms with Crippen molar-refractivity contribution in [2.75, 3.05) is 13.1 Å². The van der Waals surface area contributed by atoms with Gasteiger partial charge in [-0.05, 0) is 50.9 Å². The second-order valence-corrected chi connectivity index (χ2v) is 8.92. The Kier molecular flexibility index (Phi) is 4.61. The molecule has 1 aromatic heterocycles. The van der Waals surface area contributed by atoms with E-state index >= 15 is 0 Å². The maximum atomic E-state index is 12.6. The molecule has 2 bridgehead atoms. The number of nitrogens with one attached hydrogen (secondary N) is 1. The first kappa shape index (κ1) is 16.1. The van der Waals surface area contributed by atoms with Gasteiger partial charge in [-0.15, -0.1) is 11.3 Å². The average molecular weight is 360 g/mol. The van der Waals surface area contributed by atoms with Crippen LogP contribution >= 0.6 is 23.1 Å². The van der Waals surface area contributed by atoms with Gasteiger partial charge in [-0.1, -0.05) is 30.0 Å². The Labute approximate surface area is 150 Å². The number of hydrogen-bond acceptors (Lipinski definition) is 5. The molecule has 0 saturated carbocycles. The molecule has 2 atom stereocenters. The molecule has 126 valence electrons. The van der Waals surface area contributed by atoms with E-state index in [9.17, 15) is 4.79 Å². The molecule has 2 aromatic rings. The molecule has 0 aliphatic carbocycles. The number of nitrogens with zero attached hydrogens (tertiary/aromatic N) is 2. The van der Waals surface area contributed by atoms with Gasteiger partial charge < -0.3 is 5.32 Å². The van der Waals surface area contributed by atoms with Gasteiger partial charge in [0.1, 0.15) is 0 Å². The summed E-state index contributed by atoms with van der Waals surface area (Å²) < 4.78 is 1.05. The summed E-state index contributed by atoms with van der Waals surface area (Å²) in [6.07, 6.45) is 4.20. The Hall–Kier alpha value is -1.37. The van der Waals surface area contributed by atoms with E-state index in [1.807, 2.05) is 18.2 Å². The van der Waals surface area contributed by atoms with Crippen LogP contribution < -0.4 is 5.32 Å². The van der Waals surface area contributed by atoms with Gasteiger partial charge in [-0.3, -0.25) is 9.69 Å². The fourth-order valence-corrected chi connectivity index (χ4v) is 5.65. The molecule has 3 aliphatic rings. The van der Waals surface area contributed by atoms with Crippen LogP contribution in [0.3, 0.4) is 0 Å². The topological polar surface area (TPSA) is 45.2 Å². The van der Waals surface area contributed by atoms with Crippen LogP contribution in [0.4, 0.5) is 0 Å². The summed E-state index contributed by atoms with van der Waals surface area (Å²) >= 11 is 3.12. The number of piperidine rings is 3. The summed E-state index contributed by atoms with van der Waals surface area (Å²) in [5.74, 6) is 0.595. The molecule has 4 nitrogen and oxygen atoms in total. The summed E-state index contributed by atoms with van der Waals surface area (Å²) in [4.78, 5) is 20.6. The van der Waals surface area contributed by atoms with Crippen molar-refractivity contribution in [3.05, 3.63) is 41.5 Å². The van der Waals surface area contributed by atoms with E-state index in [1.54, 1.807) is 18.0 Å². The summed E-state index contributed by atoms with van der Waals surface area (Å²) in [7, 11) is 0. The molecule has 4 heterocycles. The standard InChI is InChI=1S/C18H21N3OS2/c1-12-16(13-7-9-21(12)10-8-13)20-17(22)18-19-11-15(24-18)23-14-5-3-2-4-6-14/h2-6,11-13,16H,7-10H2,1H3,(H,20,22)/t12-,16-/m0/s1. The number of rotatable bonds is 4. The lowest BCUT2D eigenvalue weighted by molar-refractivity contribution is 0.0217. The van der Waals surface area contributed by atoms with Crippen LogP contribution in [0.5, 0.6) is 0 Å². The third-order valence-corrected chi connectivity index (χ3v) is 7.22. The zero-order chi connectivity index (χ0) is 16.5. The van der Waals surface area contributed by atoms with E-state index in [2.05, 4.69) is 34.3 Å². The molecule has 24 heavy (non-hydrogen) atoms. The third-order valence-electron chi connectivity index (χ3n) is 5.12. The molecule has 1 N–H and O–H groups in total. The van der Waals surface area contributed by atoms with Gasteiger partial charge in [-0.2, -0.15) is 0 Å². The van der Waals surface area contributed by atoms with Crippen LogP contribution in [0, 0.1) is 5.92 Å². The van der Waals surface area contributed by atoms with E-state index in [-0.39, 0.29) is 11.9 Å². The Morgan fingerprint density at radius 2 is 2.04 bits per heavy atom. The lowest BCUT2D eigenvalue weighted by atomic mass is 9.79. The number of hydrogen-bond donors (Lipinski definition) is 1. The molecule has 0 spiro atoms. The second-order valence-electron chi connectivity index (χ2n) is 6.51. The molecule has 3 aliphatic heterocycles. The number of fused-ring (bicyclic) bond motifs is 3. The lowest BCUT2D eigenvalue weighted by Crippen LogP contribution is -2.62. The minimum atomic E-state index is -0.0227. The highest BCUT2D eigenvalue weighted by atomic mass is 32.2. The SMILES string of the molecule is C[C@H]1[C@H](NC(=O)c2ncc(Sc3ccccc3)s2)C2CCN1CC2. The predicted octanol–water partition coefficient (Wildman–Crippen LogP) is 3.51. The molecule has 0 radical (unpaired) electrons. The highest BCUT2D eigenvalue weighted by molar-refractivity contribution is 8.01. The van der Waals surface area contributed by atoms with Gasteiger partial charge in [0.25, 0.3) is 5.91 Å². The summed E-state index contributed by atoms with van der Waals surface area (Å²) in [5.41, 5.74) is 0. The quantitative estimate of drug-likeness (QED) is 0.907. The van der Waals surface area contributed by atoms with E-state index in [0.29, 0.717) is 17.0 Å². The monoisotopic (exact) mass is 359 g/mol. The van der Waals surface area contributed by atoms with Crippen molar-refractivity contribution < 1.29 is 4.79 Å². The zero-order valence-corrected chi connectivity index (χ0v) is 15.3. The van der Waals surface area contributed by atoms with Gasteiger partial charge in [0.2, 0.25) is 0 Å². The third kappa shape index (κ3) is 3.23. The Morgan fingerprint density at radius 3 is 2.75 bits per heavy atom. The first-order valence-corrected chi connectivity index (χ1v) is 10.1. The van der Waals surface area contributed by atoms with Crippen LogP contribution in [0.2, 0.25) is 0 Å². The summed E-state index contributed by atoms with van der Waals surface area (Å²) in [6.45, 7) is 4.58. The van der Waals surface area contributed by atoms with Crippen molar-refractivity contribution in [1.82, 2.24) is 15.2 Å². The van der Waals surface area contributed by atoms with E-state index in [0.717, 1.165) is 4.21 Å². The second kappa shape index (κ2) is 6.86. The number of benzene rings is 1. The molecular weight excluding hydrogens is 338 g/mol. The van der Waals surface area contributed by atoms with E-state index < -0.39 is 0 Å². The van der Waals surface area contributed by atoms with Gasteiger partial charge in [-0.25, -0.2) is 4.98 Å². The van der Waals surface area contributed by atoms with Crippen LogP contribution in [0.25, 0.3) is 0 Å². The predicted molar refractivity (Wildman–Crippen MR) is 97.7 cm³/mol. The summed E-state index contributed by atoms with van der Waals surface area (Å²) in [5, 5.41) is 3.82. The van der Waals surface area contributed by atoms with Crippen molar-refractivity contribution in [3.8, 4) is 0 Å². The van der Waals surface area contributed by atoms with E-state index in [1.165, 1.54) is 42.2 Å². The highest BCUT2D eigenvalue weighted by Crippen LogP contribution is 2.34. The Morgan fingerprint density at radius 1 is 1.29 bits per heavy atom. The molecule has 1 amide bonds. The highest BCUT2D eigenvalue weighted by Gasteiger charge is 2.40. The van der Waals surface area contributed by atoms with Crippen LogP contribution in [0.1, 0.15) is 29.6 Å². The molecular formula is C18H21N3OS2. The maximum absolute atomic E-state index is 12.6. The zero-order valence-electron chi connectivity index (χ0n) is 13.6. The number of aromatic nitrogens is 1. The first-order valence-electron chi connectivity index (χ1n) is 8.44. The molecule has 6 heteroatoms. The van der Waals surface area contributed by atoms with Crippen molar-refractivity contribution >= 4 is 29.0 Å². The van der Waals surface area contributed by atoms with Crippen LogP contribution in [-0.2, 0) is 0 Å². The number of carbonyl (C=O) groups excluding carboxylic acids is 1. The Balaban J connectivity index is 1.42. The van der Waals surface area contributed by atoms with Crippen molar-refractivity contribution in [2.45, 2.75) is 41.0 Å². The minimum Gasteiger partial charge on any atom is -0.345 e. The van der Waals surface area contributed by atoms with Crippen molar-refractivity contribution in [1.29, 1.82) is 0 Å². The molecule has 0 unspecified atom stereocenters. The number of amides is 1. The maximum Gasteiger partial charge on any atom is 0.280 e. The van der Waals surface area contributed by atoms with E-state index in [4.69, 9.17) is 0 Å². The van der Waals surface area contributed by atoms with Gasteiger partial charge in [0.15, 0.2) is 5.01 Å². The normalized spacial score (nSPS) is 28.7. The fourth-order valence-electron chi connectivity index (χ4n) is 3.77. The molecule has 1 aromatic carbocycles. The van der Waals surface area contributed by atoms with Crippen LogP contribution in [-0.4, -0.2) is 41.0 Å². The van der Waals surface area contributed by atoms with Crippen LogP contribution in [0.15, 0.2) is 45.6 Å². The number of carbonyl (C=O) groups is 1. The largest absolute Gasteiger partial charge is 0.345 e. The van der Waals surface area contributed by atoms with Crippen molar-refractivity contribution in [2.24, 2.45) is 5.92 Å². The minimum absolute atomic E-state index is 0.0227. The van der Waals surface area contributed by atoms with Crippen molar-refractivity contribution in [3.63, 3.8) is 0 Å². The molecule has 3 fully saturated rings. The number of thiazole rings is 1. The molecule has 3 saturated heterocycles.